The summed E-state index contributed by atoms with van der Waals surface area (Å²) >= 11 is 0. The van der Waals surface area contributed by atoms with Crippen LogP contribution in [0, 0.1) is 0 Å². The lowest BCUT2D eigenvalue weighted by molar-refractivity contribution is -0.133. The normalized spacial score (nSPS) is 19.9. The van der Waals surface area contributed by atoms with E-state index in [1.54, 1.807) is 0 Å². The fourth-order valence-electron chi connectivity index (χ4n) is 3.18. The smallest absolute Gasteiger partial charge is 0.230 e. The molecule has 0 aliphatic carbocycles. The second kappa shape index (κ2) is 5.86. The van der Waals surface area contributed by atoms with Crippen LogP contribution in [0.4, 0.5) is 0 Å². The molecule has 0 bridgehead atoms. The van der Waals surface area contributed by atoms with Gasteiger partial charge in [0.25, 0.3) is 0 Å². The van der Waals surface area contributed by atoms with Crippen LogP contribution < -0.4 is 0 Å². The Kier molecular flexibility index (Phi) is 3.93. The molecule has 21 heavy (non-hydrogen) atoms. The van der Waals surface area contributed by atoms with Crippen molar-refractivity contribution in [2.75, 3.05) is 13.2 Å². The summed E-state index contributed by atoms with van der Waals surface area (Å²) in [5.41, 5.74) is 1.04. The minimum Gasteiger partial charge on any atom is -0.394 e. The third-order valence-electron chi connectivity index (χ3n) is 4.51. The number of amides is 1. The van der Waals surface area contributed by atoms with Gasteiger partial charge in [0, 0.05) is 6.54 Å². The first-order valence-electron chi connectivity index (χ1n) is 7.60. The minimum atomic E-state index is -0.165. The van der Waals surface area contributed by atoms with Gasteiger partial charge in [-0.3, -0.25) is 4.79 Å². The lowest BCUT2D eigenvalue weighted by atomic mass is 9.96. The Balaban J connectivity index is 1.85. The molecule has 1 fully saturated rings. The average Bonchev–Trinajstić information content (AvgIpc) is 3.01. The SMILES string of the molecule is CC(C(=O)N1CCCC1CO)c1ccc2ccccc2c1. The van der Waals surface area contributed by atoms with E-state index >= 15 is 0 Å². The molecule has 2 atom stereocenters. The molecule has 2 unspecified atom stereocenters. The van der Waals surface area contributed by atoms with Crippen LogP contribution in [0.15, 0.2) is 42.5 Å². The molecule has 0 spiro atoms. The number of benzene rings is 2. The molecule has 0 radical (unpaired) electrons. The largest absolute Gasteiger partial charge is 0.394 e. The predicted octanol–water partition coefficient (Wildman–Crippen LogP) is 2.93. The molecule has 3 nitrogen and oxygen atoms in total. The van der Waals surface area contributed by atoms with Gasteiger partial charge in [0.05, 0.1) is 18.6 Å². The number of aliphatic hydroxyl groups is 1. The molecule has 1 N–H and O–H groups in total. The first-order chi connectivity index (χ1) is 10.2. The number of rotatable bonds is 3. The Bertz CT molecular complexity index is 652. The number of carbonyl (C=O) groups is 1. The van der Waals surface area contributed by atoms with Crippen molar-refractivity contribution in [1.29, 1.82) is 0 Å². The van der Waals surface area contributed by atoms with Crippen molar-refractivity contribution in [2.24, 2.45) is 0 Å². The van der Waals surface area contributed by atoms with Crippen molar-refractivity contribution in [3.8, 4) is 0 Å². The summed E-state index contributed by atoms with van der Waals surface area (Å²) in [4.78, 5) is 14.5. The fraction of sp³-hybridized carbons (Fsp3) is 0.389. The Morgan fingerprint density at radius 1 is 1.29 bits per heavy atom. The predicted molar refractivity (Wildman–Crippen MR) is 84.2 cm³/mol. The van der Waals surface area contributed by atoms with Gasteiger partial charge in [-0.25, -0.2) is 0 Å². The number of hydrogen-bond donors (Lipinski definition) is 1. The highest BCUT2D eigenvalue weighted by molar-refractivity contribution is 5.88. The Hall–Kier alpha value is -1.87. The molecule has 0 aromatic heterocycles. The van der Waals surface area contributed by atoms with Gasteiger partial charge in [-0.05, 0) is 36.1 Å². The molecule has 3 rings (SSSR count). The van der Waals surface area contributed by atoms with Crippen LogP contribution in [0.25, 0.3) is 10.8 Å². The van der Waals surface area contributed by atoms with Crippen molar-refractivity contribution in [3.63, 3.8) is 0 Å². The molecule has 2 aromatic rings. The second-order valence-corrected chi connectivity index (χ2v) is 5.84. The van der Waals surface area contributed by atoms with E-state index in [0.29, 0.717) is 0 Å². The molecule has 1 heterocycles. The van der Waals surface area contributed by atoms with E-state index in [1.165, 1.54) is 5.39 Å². The molecular formula is C18H21NO2. The second-order valence-electron chi connectivity index (χ2n) is 5.84. The van der Waals surface area contributed by atoms with Gasteiger partial charge in [0.1, 0.15) is 0 Å². The van der Waals surface area contributed by atoms with Crippen molar-refractivity contribution in [1.82, 2.24) is 4.90 Å². The van der Waals surface area contributed by atoms with Crippen LogP contribution in [0.2, 0.25) is 0 Å². The van der Waals surface area contributed by atoms with Gasteiger partial charge >= 0.3 is 0 Å². The van der Waals surface area contributed by atoms with E-state index in [0.717, 1.165) is 30.3 Å². The minimum absolute atomic E-state index is 0.000376. The molecular weight excluding hydrogens is 262 g/mol. The highest BCUT2D eigenvalue weighted by atomic mass is 16.3. The van der Waals surface area contributed by atoms with Crippen LogP contribution in [0.3, 0.4) is 0 Å². The van der Waals surface area contributed by atoms with Crippen LogP contribution >= 0.6 is 0 Å². The first kappa shape index (κ1) is 14.1. The van der Waals surface area contributed by atoms with Crippen molar-refractivity contribution in [3.05, 3.63) is 48.0 Å². The Labute approximate surface area is 125 Å². The maximum absolute atomic E-state index is 12.7. The highest BCUT2D eigenvalue weighted by Gasteiger charge is 2.31. The summed E-state index contributed by atoms with van der Waals surface area (Å²) in [6.07, 6.45) is 1.90. The molecule has 1 aliphatic heterocycles. The fourth-order valence-corrected chi connectivity index (χ4v) is 3.18. The maximum atomic E-state index is 12.7. The monoisotopic (exact) mass is 283 g/mol. The summed E-state index contributed by atoms with van der Waals surface area (Å²) in [5.74, 6) is -0.0383. The van der Waals surface area contributed by atoms with Crippen molar-refractivity contribution < 1.29 is 9.90 Å². The zero-order valence-electron chi connectivity index (χ0n) is 12.3. The van der Waals surface area contributed by atoms with Gasteiger partial charge in [-0.15, -0.1) is 0 Å². The highest BCUT2D eigenvalue weighted by Crippen LogP contribution is 2.26. The number of nitrogens with zero attached hydrogens (tertiary/aromatic N) is 1. The summed E-state index contributed by atoms with van der Waals surface area (Å²) in [7, 11) is 0. The molecule has 1 amide bonds. The number of carbonyl (C=O) groups excluding carboxylic acids is 1. The quantitative estimate of drug-likeness (QED) is 0.941. The molecule has 2 aromatic carbocycles. The zero-order valence-corrected chi connectivity index (χ0v) is 12.3. The van der Waals surface area contributed by atoms with Crippen LogP contribution in [-0.4, -0.2) is 35.1 Å². The number of aliphatic hydroxyl groups excluding tert-OH is 1. The number of likely N-dealkylation sites (tertiary alicyclic amines) is 1. The molecule has 3 heteroatoms. The average molecular weight is 283 g/mol. The van der Waals surface area contributed by atoms with E-state index in [2.05, 4.69) is 24.3 Å². The van der Waals surface area contributed by atoms with Crippen molar-refractivity contribution in [2.45, 2.75) is 31.7 Å². The number of hydrogen-bond acceptors (Lipinski definition) is 2. The van der Waals surface area contributed by atoms with Gasteiger partial charge in [0.2, 0.25) is 5.91 Å². The van der Waals surface area contributed by atoms with Crippen LogP contribution in [0.5, 0.6) is 0 Å². The third-order valence-corrected chi connectivity index (χ3v) is 4.51. The van der Waals surface area contributed by atoms with E-state index in [-0.39, 0.29) is 24.5 Å². The maximum Gasteiger partial charge on any atom is 0.230 e. The summed E-state index contributed by atoms with van der Waals surface area (Å²) in [6.45, 7) is 2.79. The van der Waals surface area contributed by atoms with Crippen LogP contribution in [-0.2, 0) is 4.79 Å². The summed E-state index contributed by atoms with van der Waals surface area (Å²) in [6, 6.07) is 14.4. The van der Waals surface area contributed by atoms with E-state index in [4.69, 9.17) is 0 Å². The molecule has 110 valence electrons. The lowest BCUT2D eigenvalue weighted by Crippen LogP contribution is -2.39. The Morgan fingerprint density at radius 2 is 2.05 bits per heavy atom. The van der Waals surface area contributed by atoms with Gasteiger partial charge < -0.3 is 10.0 Å². The van der Waals surface area contributed by atoms with Crippen LogP contribution in [0.1, 0.15) is 31.2 Å². The first-order valence-corrected chi connectivity index (χ1v) is 7.60. The lowest BCUT2D eigenvalue weighted by Gasteiger charge is -2.26. The third kappa shape index (κ3) is 2.66. The van der Waals surface area contributed by atoms with E-state index in [9.17, 15) is 9.90 Å². The van der Waals surface area contributed by atoms with Crippen molar-refractivity contribution >= 4 is 16.7 Å². The van der Waals surface area contributed by atoms with E-state index in [1.807, 2.05) is 30.0 Å². The summed E-state index contributed by atoms with van der Waals surface area (Å²) < 4.78 is 0. The zero-order chi connectivity index (χ0) is 14.8. The topological polar surface area (TPSA) is 40.5 Å². The Morgan fingerprint density at radius 3 is 2.81 bits per heavy atom. The summed E-state index contributed by atoms with van der Waals surface area (Å²) in [5, 5.41) is 11.7. The van der Waals surface area contributed by atoms with Gasteiger partial charge in [-0.1, -0.05) is 42.5 Å². The molecule has 1 aliphatic rings. The standard InChI is InChI=1S/C18H21NO2/c1-13(18(21)19-10-4-7-17(19)12-20)15-9-8-14-5-2-3-6-16(14)11-15/h2-3,5-6,8-9,11,13,17,20H,4,7,10,12H2,1H3. The molecule has 0 saturated carbocycles. The number of fused-ring (bicyclic) bond motifs is 1. The van der Waals surface area contributed by atoms with Gasteiger partial charge in [0.15, 0.2) is 0 Å². The van der Waals surface area contributed by atoms with E-state index < -0.39 is 0 Å². The molecule has 1 saturated heterocycles. The van der Waals surface area contributed by atoms with Gasteiger partial charge in [-0.2, -0.15) is 0 Å².